The molecule has 0 bridgehead atoms. The summed E-state index contributed by atoms with van der Waals surface area (Å²) in [4.78, 5) is 25.0. The van der Waals surface area contributed by atoms with Crippen molar-refractivity contribution in [3.63, 3.8) is 0 Å². The Bertz CT molecular complexity index is 575. The highest BCUT2D eigenvalue weighted by Crippen LogP contribution is 2.34. The van der Waals surface area contributed by atoms with Crippen molar-refractivity contribution in [3.8, 4) is 11.5 Å². The first-order valence-corrected chi connectivity index (χ1v) is 6.88. The molecular weight excluding hydrogens is 274 g/mol. The lowest BCUT2D eigenvalue weighted by atomic mass is 9.97. The predicted molar refractivity (Wildman–Crippen MR) is 75.1 cm³/mol. The first kappa shape index (κ1) is 13.5. The van der Waals surface area contributed by atoms with Crippen LogP contribution in [0, 0.1) is 5.92 Å². The number of ether oxygens (including phenoxy) is 2. The number of amides is 3. The minimum atomic E-state index is -0.476. The summed E-state index contributed by atoms with van der Waals surface area (Å²) in [6.07, 6.45) is 1.53. The number of fused-ring (bicyclic) bond motifs is 1. The van der Waals surface area contributed by atoms with Gasteiger partial charge in [0, 0.05) is 24.8 Å². The monoisotopic (exact) mass is 291 g/mol. The molecule has 0 radical (unpaired) electrons. The molecule has 0 saturated carbocycles. The number of nitrogens with two attached hydrogens (primary N) is 1. The van der Waals surface area contributed by atoms with E-state index in [9.17, 15) is 9.59 Å². The molecule has 1 saturated heterocycles. The molecule has 2 aliphatic rings. The fourth-order valence-electron chi connectivity index (χ4n) is 2.61. The molecular formula is C14H17N3O4. The smallest absolute Gasteiger partial charge is 0.314 e. The molecule has 3 amide bonds. The van der Waals surface area contributed by atoms with Gasteiger partial charge in [-0.25, -0.2) is 4.79 Å². The maximum Gasteiger partial charge on any atom is 0.314 e. The van der Waals surface area contributed by atoms with E-state index in [0.29, 0.717) is 30.3 Å². The summed E-state index contributed by atoms with van der Waals surface area (Å²) in [6.45, 7) is 1.18. The minimum absolute atomic E-state index is 0.111. The van der Waals surface area contributed by atoms with Gasteiger partial charge >= 0.3 is 6.03 Å². The zero-order valence-corrected chi connectivity index (χ0v) is 11.5. The summed E-state index contributed by atoms with van der Waals surface area (Å²) >= 11 is 0. The number of urea groups is 1. The highest BCUT2D eigenvalue weighted by Gasteiger charge is 2.27. The predicted octanol–water partition coefficient (Wildman–Crippen LogP) is 1.14. The Morgan fingerprint density at radius 3 is 2.90 bits per heavy atom. The van der Waals surface area contributed by atoms with E-state index >= 15 is 0 Å². The van der Waals surface area contributed by atoms with Gasteiger partial charge in [0.05, 0.1) is 5.92 Å². The number of likely N-dealkylation sites (tertiary alicyclic amines) is 1. The second-order valence-electron chi connectivity index (χ2n) is 5.18. The van der Waals surface area contributed by atoms with E-state index in [0.717, 1.165) is 12.8 Å². The normalized spacial score (nSPS) is 20.2. The lowest BCUT2D eigenvalue weighted by Crippen LogP contribution is -2.46. The molecule has 1 aromatic rings. The zero-order chi connectivity index (χ0) is 14.8. The van der Waals surface area contributed by atoms with Crippen molar-refractivity contribution < 1.29 is 19.1 Å². The van der Waals surface area contributed by atoms with Crippen LogP contribution in [0.3, 0.4) is 0 Å². The number of benzene rings is 1. The van der Waals surface area contributed by atoms with Gasteiger partial charge in [0.15, 0.2) is 11.5 Å². The van der Waals surface area contributed by atoms with Crippen molar-refractivity contribution in [1.82, 2.24) is 4.90 Å². The molecule has 0 aromatic heterocycles. The van der Waals surface area contributed by atoms with Gasteiger partial charge in [-0.3, -0.25) is 4.79 Å². The number of primary amides is 1. The number of piperidine rings is 1. The average Bonchev–Trinajstić information content (AvgIpc) is 2.95. The van der Waals surface area contributed by atoms with Gasteiger partial charge in [-0.2, -0.15) is 0 Å². The maximum atomic E-state index is 12.3. The van der Waals surface area contributed by atoms with Crippen molar-refractivity contribution >= 4 is 17.6 Å². The molecule has 0 aliphatic carbocycles. The van der Waals surface area contributed by atoms with Crippen molar-refractivity contribution in [2.75, 3.05) is 25.2 Å². The van der Waals surface area contributed by atoms with Crippen LogP contribution in [0.25, 0.3) is 0 Å². The third kappa shape index (κ3) is 2.86. The molecule has 1 aromatic carbocycles. The molecule has 7 heteroatoms. The molecule has 2 aliphatic heterocycles. The molecule has 21 heavy (non-hydrogen) atoms. The molecule has 3 rings (SSSR count). The summed E-state index contributed by atoms with van der Waals surface area (Å²) in [7, 11) is 0. The molecule has 3 N–H and O–H groups in total. The maximum absolute atomic E-state index is 12.3. The van der Waals surface area contributed by atoms with E-state index in [1.807, 2.05) is 0 Å². The molecule has 1 fully saturated rings. The summed E-state index contributed by atoms with van der Waals surface area (Å²) in [5.41, 5.74) is 5.92. The number of rotatable bonds is 2. The molecule has 112 valence electrons. The van der Waals surface area contributed by atoms with Crippen LogP contribution in [0.4, 0.5) is 10.5 Å². The molecule has 1 atom stereocenters. The van der Waals surface area contributed by atoms with E-state index < -0.39 is 6.03 Å². The number of hydrogen-bond donors (Lipinski definition) is 2. The van der Waals surface area contributed by atoms with Gasteiger partial charge in [0.2, 0.25) is 12.7 Å². The van der Waals surface area contributed by atoms with Crippen LogP contribution in [0.5, 0.6) is 11.5 Å². The van der Waals surface area contributed by atoms with Crippen molar-refractivity contribution in [2.45, 2.75) is 12.8 Å². The fraction of sp³-hybridized carbons (Fsp3) is 0.429. The average molecular weight is 291 g/mol. The number of nitrogens with zero attached hydrogens (tertiary/aromatic N) is 1. The lowest BCUT2D eigenvalue weighted by Gasteiger charge is -2.30. The Hall–Kier alpha value is -2.44. The largest absolute Gasteiger partial charge is 0.454 e. The van der Waals surface area contributed by atoms with Crippen LogP contribution in [-0.2, 0) is 4.79 Å². The summed E-state index contributed by atoms with van der Waals surface area (Å²) < 4.78 is 10.5. The number of carbonyl (C=O) groups excluding carboxylic acids is 2. The molecule has 2 heterocycles. The van der Waals surface area contributed by atoms with Crippen LogP contribution < -0.4 is 20.5 Å². The Labute approximate surface area is 122 Å². The Morgan fingerprint density at radius 2 is 2.10 bits per heavy atom. The van der Waals surface area contributed by atoms with E-state index in [-0.39, 0.29) is 18.6 Å². The number of anilines is 1. The van der Waals surface area contributed by atoms with E-state index in [1.54, 1.807) is 18.2 Å². The van der Waals surface area contributed by atoms with E-state index in [2.05, 4.69) is 5.32 Å². The topological polar surface area (TPSA) is 93.9 Å². The van der Waals surface area contributed by atoms with Gasteiger partial charge in [0.1, 0.15) is 0 Å². The molecule has 0 unspecified atom stereocenters. The van der Waals surface area contributed by atoms with Crippen molar-refractivity contribution in [3.05, 3.63) is 18.2 Å². The molecule has 0 spiro atoms. The van der Waals surface area contributed by atoms with Gasteiger partial charge in [-0.05, 0) is 25.0 Å². The number of carbonyl (C=O) groups is 2. The first-order chi connectivity index (χ1) is 10.1. The second kappa shape index (κ2) is 5.51. The fourth-order valence-corrected chi connectivity index (χ4v) is 2.61. The summed E-state index contributed by atoms with van der Waals surface area (Å²) in [6, 6.07) is 4.78. The summed E-state index contributed by atoms with van der Waals surface area (Å²) in [5, 5.41) is 2.85. The quantitative estimate of drug-likeness (QED) is 0.854. The van der Waals surface area contributed by atoms with Crippen LogP contribution in [0.15, 0.2) is 18.2 Å². The second-order valence-corrected chi connectivity index (χ2v) is 5.18. The van der Waals surface area contributed by atoms with Gasteiger partial charge in [-0.1, -0.05) is 0 Å². The van der Waals surface area contributed by atoms with Crippen LogP contribution in [0.1, 0.15) is 12.8 Å². The van der Waals surface area contributed by atoms with Gasteiger partial charge in [-0.15, -0.1) is 0 Å². The third-order valence-corrected chi connectivity index (χ3v) is 3.74. The summed E-state index contributed by atoms with van der Waals surface area (Å²) in [5.74, 6) is 0.942. The zero-order valence-electron chi connectivity index (χ0n) is 11.5. The van der Waals surface area contributed by atoms with E-state index in [1.165, 1.54) is 4.90 Å². The SMILES string of the molecule is NC(=O)N1CCC[C@H](C(=O)Nc2ccc3c(c2)OCO3)C1. The van der Waals surface area contributed by atoms with Gasteiger partial charge < -0.3 is 25.4 Å². The van der Waals surface area contributed by atoms with Gasteiger partial charge in [0.25, 0.3) is 0 Å². The first-order valence-electron chi connectivity index (χ1n) is 6.88. The van der Waals surface area contributed by atoms with Crippen molar-refractivity contribution in [1.29, 1.82) is 0 Å². The lowest BCUT2D eigenvalue weighted by molar-refractivity contribution is -0.121. The highest BCUT2D eigenvalue weighted by atomic mass is 16.7. The third-order valence-electron chi connectivity index (χ3n) is 3.74. The van der Waals surface area contributed by atoms with E-state index in [4.69, 9.17) is 15.2 Å². The van der Waals surface area contributed by atoms with Crippen molar-refractivity contribution in [2.24, 2.45) is 11.7 Å². The number of nitrogens with one attached hydrogen (secondary N) is 1. The van der Waals surface area contributed by atoms with Crippen LogP contribution in [-0.4, -0.2) is 36.7 Å². The van der Waals surface area contributed by atoms with Crippen LogP contribution >= 0.6 is 0 Å². The van der Waals surface area contributed by atoms with Crippen LogP contribution in [0.2, 0.25) is 0 Å². The molecule has 7 nitrogen and oxygen atoms in total. The number of hydrogen-bond acceptors (Lipinski definition) is 4. The Morgan fingerprint density at radius 1 is 1.29 bits per heavy atom. The Balaban J connectivity index is 1.64. The standard InChI is InChI=1S/C14H17N3O4/c15-14(19)17-5-1-2-9(7-17)13(18)16-10-3-4-11-12(6-10)21-8-20-11/h3-4,6,9H,1-2,5,7-8H2,(H2,15,19)(H,16,18)/t9-/m0/s1. The highest BCUT2D eigenvalue weighted by molar-refractivity contribution is 5.93. The Kier molecular flexibility index (Phi) is 3.55. The minimum Gasteiger partial charge on any atom is -0.454 e.